The second kappa shape index (κ2) is 5.81. The van der Waals surface area contributed by atoms with Crippen LogP contribution in [-0.2, 0) is 19.3 Å². The molecule has 1 unspecified atom stereocenters. The topological polar surface area (TPSA) is 52.6 Å². The summed E-state index contributed by atoms with van der Waals surface area (Å²) in [6.45, 7) is 0.144. The van der Waals surface area contributed by atoms with Crippen LogP contribution in [0, 0.1) is 0 Å². The normalized spacial score (nSPS) is 27.1. The molecule has 20 heavy (non-hydrogen) atoms. The molecule has 8 heteroatoms. The third-order valence-corrected chi connectivity index (χ3v) is 5.37. The molecule has 118 valence electrons. The number of sulfone groups is 1. The molecule has 1 heterocycles. The van der Waals surface area contributed by atoms with Crippen LogP contribution >= 0.6 is 0 Å². The molecule has 0 radical (unpaired) electrons. The van der Waals surface area contributed by atoms with Crippen molar-refractivity contribution in [2.45, 2.75) is 56.6 Å². The van der Waals surface area contributed by atoms with Crippen LogP contribution in [0.15, 0.2) is 0 Å². The van der Waals surface area contributed by atoms with Crippen molar-refractivity contribution in [3.8, 4) is 0 Å². The Bertz CT molecular complexity index is 426. The largest absolute Gasteiger partial charge is 0.390 e. The highest BCUT2D eigenvalue weighted by Crippen LogP contribution is 2.38. The van der Waals surface area contributed by atoms with E-state index in [9.17, 15) is 21.6 Å². The molecular weight excluding hydrogens is 297 g/mol. The summed E-state index contributed by atoms with van der Waals surface area (Å²) in [7, 11) is -3.78. The van der Waals surface area contributed by atoms with Crippen LogP contribution in [0.3, 0.4) is 0 Å². The van der Waals surface area contributed by atoms with Gasteiger partial charge >= 0.3 is 6.18 Å². The lowest BCUT2D eigenvalue weighted by Crippen LogP contribution is -2.34. The van der Waals surface area contributed by atoms with Gasteiger partial charge in [0, 0.05) is 12.8 Å². The van der Waals surface area contributed by atoms with E-state index in [2.05, 4.69) is 0 Å². The SMILES string of the molecule is O=S(=O)(CCC(F)(F)F)CC1COC2(CCCCC2)O1. The minimum absolute atomic E-state index is 0.144. The van der Waals surface area contributed by atoms with E-state index < -0.39 is 45.8 Å². The Labute approximate surface area is 116 Å². The van der Waals surface area contributed by atoms with Gasteiger partial charge in [0.25, 0.3) is 0 Å². The predicted octanol–water partition coefficient (Wildman–Crippen LogP) is 2.43. The molecule has 0 amide bonds. The zero-order valence-corrected chi connectivity index (χ0v) is 11.9. The van der Waals surface area contributed by atoms with Crippen molar-refractivity contribution in [2.75, 3.05) is 18.1 Å². The van der Waals surface area contributed by atoms with Gasteiger partial charge in [0.2, 0.25) is 0 Å². The minimum Gasteiger partial charge on any atom is -0.347 e. The Morgan fingerprint density at radius 1 is 1.15 bits per heavy atom. The lowest BCUT2D eigenvalue weighted by molar-refractivity contribution is -0.185. The van der Waals surface area contributed by atoms with E-state index in [1.807, 2.05) is 0 Å². The van der Waals surface area contributed by atoms with Crippen molar-refractivity contribution >= 4 is 9.84 Å². The number of halogens is 3. The zero-order valence-electron chi connectivity index (χ0n) is 11.1. The Hall–Kier alpha value is -0.340. The number of hydrogen-bond donors (Lipinski definition) is 0. The first kappa shape index (κ1) is 16.0. The summed E-state index contributed by atoms with van der Waals surface area (Å²) in [6.07, 6.45) is -1.92. The van der Waals surface area contributed by atoms with E-state index in [0.717, 1.165) is 32.1 Å². The van der Waals surface area contributed by atoms with Crippen LogP contribution in [0.2, 0.25) is 0 Å². The molecule has 1 saturated carbocycles. The van der Waals surface area contributed by atoms with E-state index in [4.69, 9.17) is 9.47 Å². The number of rotatable bonds is 4. The van der Waals surface area contributed by atoms with Crippen LogP contribution in [0.4, 0.5) is 13.2 Å². The molecule has 1 atom stereocenters. The Morgan fingerprint density at radius 3 is 2.40 bits per heavy atom. The maximum atomic E-state index is 12.1. The quantitative estimate of drug-likeness (QED) is 0.799. The van der Waals surface area contributed by atoms with Gasteiger partial charge in [-0.2, -0.15) is 13.2 Å². The molecule has 1 saturated heterocycles. The highest BCUT2D eigenvalue weighted by molar-refractivity contribution is 7.91. The van der Waals surface area contributed by atoms with Gasteiger partial charge in [-0.05, 0) is 12.8 Å². The zero-order chi connectivity index (χ0) is 14.9. The molecule has 0 bridgehead atoms. The summed E-state index contributed by atoms with van der Waals surface area (Å²) in [5, 5.41) is 0. The molecule has 2 rings (SSSR count). The Kier molecular flexibility index (Phi) is 4.66. The van der Waals surface area contributed by atoms with Gasteiger partial charge < -0.3 is 9.47 Å². The van der Waals surface area contributed by atoms with Crippen LogP contribution in [-0.4, -0.2) is 44.6 Å². The van der Waals surface area contributed by atoms with E-state index in [0.29, 0.717) is 0 Å². The van der Waals surface area contributed by atoms with E-state index in [1.165, 1.54) is 0 Å². The maximum absolute atomic E-state index is 12.1. The molecule has 0 aromatic carbocycles. The smallest absolute Gasteiger partial charge is 0.347 e. The van der Waals surface area contributed by atoms with Crippen molar-refractivity contribution in [1.29, 1.82) is 0 Å². The van der Waals surface area contributed by atoms with Crippen LogP contribution in [0.1, 0.15) is 38.5 Å². The van der Waals surface area contributed by atoms with Crippen molar-refractivity contribution < 1.29 is 31.1 Å². The van der Waals surface area contributed by atoms with Crippen molar-refractivity contribution in [3.05, 3.63) is 0 Å². The summed E-state index contributed by atoms with van der Waals surface area (Å²) >= 11 is 0. The molecule has 2 aliphatic rings. The molecule has 4 nitrogen and oxygen atoms in total. The molecule has 0 aromatic rings. The summed E-state index contributed by atoms with van der Waals surface area (Å²) in [5.41, 5.74) is 0. The number of ether oxygens (including phenoxy) is 2. The van der Waals surface area contributed by atoms with Gasteiger partial charge in [0.05, 0.1) is 30.6 Å². The third-order valence-electron chi connectivity index (χ3n) is 3.67. The second-order valence-corrected chi connectivity index (χ2v) is 7.73. The fourth-order valence-electron chi connectivity index (χ4n) is 2.69. The van der Waals surface area contributed by atoms with Gasteiger partial charge in [-0.25, -0.2) is 8.42 Å². The molecule has 1 aliphatic carbocycles. The minimum atomic E-state index is -4.45. The monoisotopic (exact) mass is 316 g/mol. The van der Waals surface area contributed by atoms with Crippen LogP contribution in [0.25, 0.3) is 0 Å². The molecule has 0 aromatic heterocycles. The summed E-state index contributed by atoms with van der Waals surface area (Å²) in [6, 6.07) is 0. The fourth-order valence-corrected chi connectivity index (χ4v) is 4.13. The maximum Gasteiger partial charge on any atom is 0.390 e. The second-order valence-electron chi connectivity index (χ2n) is 5.50. The standard InChI is InChI=1S/C12H19F3O4S/c13-12(14,15)6-7-20(16,17)9-10-8-18-11(19-10)4-2-1-3-5-11/h10H,1-9H2. The molecule has 2 fully saturated rings. The van der Waals surface area contributed by atoms with Crippen molar-refractivity contribution in [3.63, 3.8) is 0 Å². The van der Waals surface area contributed by atoms with Gasteiger partial charge in [0.15, 0.2) is 15.6 Å². The highest BCUT2D eigenvalue weighted by Gasteiger charge is 2.43. The van der Waals surface area contributed by atoms with Gasteiger partial charge in [-0.3, -0.25) is 0 Å². The molecule has 1 spiro atoms. The van der Waals surface area contributed by atoms with E-state index >= 15 is 0 Å². The average molecular weight is 316 g/mol. The molecule has 0 N–H and O–H groups in total. The third kappa shape index (κ3) is 4.60. The van der Waals surface area contributed by atoms with Gasteiger partial charge in [0.1, 0.15) is 0 Å². The first-order valence-corrected chi connectivity index (χ1v) is 8.61. The summed E-state index contributed by atoms with van der Waals surface area (Å²) in [4.78, 5) is 0. The average Bonchev–Trinajstić information content (AvgIpc) is 2.69. The fraction of sp³-hybridized carbons (Fsp3) is 1.00. The van der Waals surface area contributed by atoms with E-state index in [1.54, 1.807) is 0 Å². The number of alkyl halides is 3. The van der Waals surface area contributed by atoms with Gasteiger partial charge in [-0.1, -0.05) is 6.42 Å². The summed E-state index contributed by atoms with van der Waals surface area (Å²) < 4.78 is 70.8. The highest BCUT2D eigenvalue weighted by atomic mass is 32.2. The van der Waals surface area contributed by atoms with Crippen molar-refractivity contribution in [2.24, 2.45) is 0 Å². The van der Waals surface area contributed by atoms with E-state index in [-0.39, 0.29) is 6.61 Å². The van der Waals surface area contributed by atoms with Crippen LogP contribution in [0.5, 0.6) is 0 Å². The number of hydrogen-bond acceptors (Lipinski definition) is 4. The lowest BCUT2D eigenvalue weighted by atomic mass is 9.94. The first-order valence-electron chi connectivity index (χ1n) is 6.79. The lowest BCUT2D eigenvalue weighted by Gasteiger charge is -2.31. The van der Waals surface area contributed by atoms with Crippen LogP contribution < -0.4 is 0 Å². The van der Waals surface area contributed by atoms with Crippen molar-refractivity contribution in [1.82, 2.24) is 0 Å². The molecule has 1 aliphatic heterocycles. The first-order chi connectivity index (χ1) is 9.20. The Morgan fingerprint density at radius 2 is 1.80 bits per heavy atom. The predicted molar refractivity (Wildman–Crippen MR) is 66.0 cm³/mol. The Balaban J connectivity index is 1.85. The van der Waals surface area contributed by atoms with Gasteiger partial charge in [-0.15, -0.1) is 0 Å². The molecular formula is C12H19F3O4S. The summed E-state index contributed by atoms with van der Waals surface area (Å²) in [5.74, 6) is -1.98.